The van der Waals surface area contributed by atoms with Gasteiger partial charge in [0.2, 0.25) is 0 Å². The summed E-state index contributed by atoms with van der Waals surface area (Å²) >= 11 is 0. The van der Waals surface area contributed by atoms with E-state index in [1.54, 1.807) is 13.0 Å². The molecule has 0 radical (unpaired) electrons. The van der Waals surface area contributed by atoms with Gasteiger partial charge in [0.15, 0.2) is 0 Å². The Morgan fingerprint density at radius 2 is 2.13 bits per heavy atom. The van der Waals surface area contributed by atoms with Crippen LogP contribution in [0.2, 0.25) is 0 Å². The van der Waals surface area contributed by atoms with Crippen LogP contribution in [-0.2, 0) is 10.2 Å². The third-order valence-corrected chi connectivity index (χ3v) is 2.75. The number of nitrogens with two attached hydrogens (primary N) is 1. The third-order valence-electron chi connectivity index (χ3n) is 2.75. The van der Waals surface area contributed by atoms with Crippen molar-refractivity contribution < 1.29 is 14.3 Å². The first-order valence-corrected chi connectivity index (χ1v) is 4.77. The Labute approximate surface area is 87.7 Å². The Hall–Kier alpha value is -1.42. The highest BCUT2D eigenvalue weighted by atomic mass is 19.1. The Kier molecular flexibility index (Phi) is 3.42. The molecule has 3 nitrogen and oxygen atoms in total. The van der Waals surface area contributed by atoms with Gasteiger partial charge in [-0.3, -0.25) is 4.79 Å². The molecule has 0 aromatic heterocycles. The van der Waals surface area contributed by atoms with Crippen molar-refractivity contribution in [3.63, 3.8) is 0 Å². The van der Waals surface area contributed by atoms with Crippen LogP contribution in [0.4, 0.5) is 4.39 Å². The van der Waals surface area contributed by atoms with Gasteiger partial charge >= 0.3 is 5.97 Å². The summed E-state index contributed by atoms with van der Waals surface area (Å²) in [5.74, 6) is -1.61. The summed E-state index contributed by atoms with van der Waals surface area (Å²) in [5, 5.41) is 9.15. The topological polar surface area (TPSA) is 63.3 Å². The number of carboxylic acids is 1. The number of aliphatic carboxylic acids is 1. The zero-order chi connectivity index (χ0) is 11.5. The Morgan fingerprint density at radius 1 is 1.53 bits per heavy atom. The van der Waals surface area contributed by atoms with E-state index in [1.165, 1.54) is 18.2 Å². The van der Waals surface area contributed by atoms with E-state index >= 15 is 0 Å². The average Bonchev–Trinajstić information content (AvgIpc) is 2.22. The number of hydrogen-bond acceptors (Lipinski definition) is 2. The van der Waals surface area contributed by atoms with Gasteiger partial charge in [-0.1, -0.05) is 25.1 Å². The summed E-state index contributed by atoms with van der Waals surface area (Å²) in [6.45, 7) is 1.58. The molecular weight excluding hydrogens is 197 g/mol. The van der Waals surface area contributed by atoms with Crippen molar-refractivity contribution >= 4 is 5.97 Å². The molecule has 0 fully saturated rings. The molecule has 1 atom stereocenters. The van der Waals surface area contributed by atoms with Gasteiger partial charge in [0.25, 0.3) is 0 Å². The molecule has 0 heterocycles. The SMILES string of the molecule is CCC(CN)(C(=O)O)c1ccccc1F. The second kappa shape index (κ2) is 4.40. The maximum absolute atomic E-state index is 13.5. The standard InChI is InChI=1S/C11H14FNO2/c1-2-11(7-13,10(14)15)8-5-3-4-6-9(8)12/h3-6H,2,7,13H2,1H3,(H,14,15). The lowest BCUT2D eigenvalue weighted by Crippen LogP contribution is -2.43. The average molecular weight is 211 g/mol. The molecule has 0 amide bonds. The highest BCUT2D eigenvalue weighted by Gasteiger charge is 2.39. The van der Waals surface area contributed by atoms with E-state index in [0.29, 0.717) is 0 Å². The van der Waals surface area contributed by atoms with Crippen molar-refractivity contribution in [3.05, 3.63) is 35.6 Å². The van der Waals surface area contributed by atoms with Crippen LogP contribution in [0.5, 0.6) is 0 Å². The van der Waals surface area contributed by atoms with Gasteiger partial charge in [0, 0.05) is 12.1 Å². The monoisotopic (exact) mass is 211 g/mol. The summed E-state index contributed by atoms with van der Waals surface area (Å²) < 4.78 is 13.5. The molecule has 0 aliphatic heterocycles. The molecule has 82 valence electrons. The van der Waals surface area contributed by atoms with Gasteiger partial charge in [-0.2, -0.15) is 0 Å². The maximum Gasteiger partial charge on any atom is 0.315 e. The first-order valence-electron chi connectivity index (χ1n) is 4.77. The van der Waals surface area contributed by atoms with Gasteiger partial charge in [0.05, 0.1) is 0 Å². The second-order valence-electron chi connectivity index (χ2n) is 3.42. The Bertz CT molecular complexity index is 361. The van der Waals surface area contributed by atoms with Gasteiger partial charge < -0.3 is 10.8 Å². The zero-order valence-electron chi connectivity index (χ0n) is 8.53. The van der Waals surface area contributed by atoms with Crippen LogP contribution < -0.4 is 5.73 Å². The van der Waals surface area contributed by atoms with Crippen LogP contribution >= 0.6 is 0 Å². The van der Waals surface area contributed by atoms with Crippen molar-refractivity contribution in [2.75, 3.05) is 6.54 Å². The largest absolute Gasteiger partial charge is 0.481 e. The first-order chi connectivity index (χ1) is 7.08. The minimum atomic E-state index is -1.31. The van der Waals surface area contributed by atoms with Crippen molar-refractivity contribution in [3.8, 4) is 0 Å². The number of hydrogen-bond donors (Lipinski definition) is 2. The summed E-state index contributed by atoms with van der Waals surface area (Å²) in [4.78, 5) is 11.2. The molecule has 0 saturated heterocycles. The van der Waals surface area contributed by atoms with E-state index in [-0.39, 0.29) is 18.5 Å². The molecule has 0 spiro atoms. The highest BCUT2D eigenvalue weighted by Crippen LogP contribution is 2.29. The summed E-state index contributed by atoms with van der Waals surface area (Å²) in [7, 11) is 0. The molecule has 0 bridgehead atoms. The number of rotatable bonds is 4. The van der Waals surface area contributed by atoms with Crippen LogP contribution in [0.1, 0.15) is 18.9 Å². The van der Waals surface area contributed by atoms with Gasteiger partial charge in [-0.15, -0.1) is 0 Å². The van der Waals surface area contributed by atoms with E-state index in [0.717, 1.165) is 0 Å². The zero-order valence-corrected chi connectivity index (χ0v) is 8.53. The van der Waals surface area contributed by atoms with Crippen molar-refractivity contribution in [1.82, 2.24) is 0 Å². The maximum atomic E-state index is 13.5. The molecule has 3 N–H and O–H groups in total. The Balaban J connectivity index is 3.33. The van der Waals surface area contributed by atoms with Crippen LogP contribution in [0, 0.1) is 5.82 Å². The summed E-state index contributed by atoms with van der Waals surface area (Å²) in [5.41, 5.74) is 4.31. The molecule has 1 aromatic rings. The van der Waals surface area contributed by atoms with Crippen LogP contribution in [0.25, 0.3) is 0 Å². The Morgan fingerprint density at radius 3 is 2.53 bits per heavy atom. The molecule has 4 heteroatoms. The smallest absolute Gasteiger partial charge is 0.315 e. The fraction of sp³-hybridized carbons (Fsp3) is 0.364. The fourth-order valence-corrected chi connectivity index (χ4v) is 1.65. The summed E-state index contributed by atoms with van der Waals surface area (Å²) in [6, 6.07) is 5.86. The van der Waals surface area contributed by atoms with Crippen molar-refractivity contribution in [2.45, 2.75) is 18.8 Å². The predicted octanol–water partition coefficient (Wildman–Crippen LogP) is 1.52. The lowest BCUT2D eigenvalue weighted by Gasteiger charge is -2.27. The number of carbonyl (C=O) groups is 1. The molecule has 15 heavy (non-hydrogen) atoms. The highest BCUT2D eigenvalue weighted by molar-refractivity contribution is 5.81. The van der Waals surface area contributed by atoms with Crippen LogP contribution in [0.3, 0.4) is 0 Å². The van der Waals surface area contributed by atoms with Crippen molar-refractivity contribution in [2.24, 2.45) is 5.73 Å². The summed E-state index contributed by atoms with van der Waals surface area (Å²) in [6.07, 6.45) is 0.264. The van der Waals surface area contributed by atoms with Crippen LogP contribution in [0.15, 0.2) is 24.3 Å². The van der Waals surface area contributed by atoms with Gasteiger partial charge in [-0.05, 0) is 12.5 Å². The molecular formula is C11H14FNO2. The molecule has 1 unspecified atom stereocenters. The number of benzene rings is 1. The quantitative estimate of drug-likeness (QED) is 0.793. The van der Waals surface area contributed by atoms with E-state index < -0.39 is 17.2 Å². The molecule has 0 aliphatic rings. The van der Waals surface area contributed by atoms with Gasteiger partial charge in [0.1, 0.15) is 11.2 Å². The van der Waals surface area contributed by atoms with E-state index in [4.69, 9.17) is 10.8 Å². The van der Waals surface area contributed by atoms with Crippen LogP contribution in [-0.4, -0.2) is 17.6 Å². The normalized spacial score (nSPS) is 14.6. The predicted molar refractivity (Wildman–Crippen MR) is 55.1 cm³/mol. The van der Waals surface area contributed by atoms with E-state index in [9.17, 15) is 9.18 Å². The van der Waals surface area contributed by atoms with E-state index in [2.05, 4.69) is 0 Å². The molecule has 0 saturated carbocycles. The fourth-order valence-electron chi connectivity index (χ4n) is 1.65. The third kappa shape index (κ3) is 1.85. The minimum absolute atomic E-state index is 0.111. The van der Waals surface area contributed by atoms with E-state index in [1.807, 2.05) is 0 Å². The number of halogens is 1. The molecule has 1 aromatic carbocycles. The van der Waals surface area contributed by atoms with Crippen molar-refractivity contribution in [1.29, 1.82) is 0 Å². The second-order valence-corrected chi connectivity index (χ2v) is 3.42. The lowest BCUT2D eigenvalue weighted by atomic mass is 9.78. The minimum Gasteiger partial charge on any atom is -0.481 e. The number of carboxylic acid groups (broad SMARTS) is 1. The molecule has 0 aliphatic carbocycles. The first kappa shape index (κ1) is 11.7. The molecule has 1 rings (SSSR count). The van der Waals surface area contributed by atoms with Gasteiger partial charge in [-0.25, -0.2) is 4.39 Å². The lowest BCUT2D eigenvalue weighted by molar-refractivity contribution is -0.143.